The maximum Gasteiger partial charge on any atom is 0.231 e. The minimum atomic E-state index is 0.307. The molecule has 0 N–H and O–H groups in total. The van der Waals surface area contributed by atoms with E-state index in [1.807, 2.05) is 18.2 Å². The van der Waals surface area contributed by atoms with Gasteiger partial charge in [0.2, 0.25) is 13.3 Å². The lowest BCUT2D eigenvalue weighted by Gasteiger charge is -1.98. The number of fused-ring (bicyclic) bond motifs is 1. The molecule has 0 radical (unpaired) electrons. The smallest absolute Gasteiger partial charge is 0.231 e. The summed E-state index contributed by atoms with van der Waals surface area (Å²) in [5.41, 5.74) is 1.13. The summed E-state index contributed by atoms with van der Waals surface area (Å²) < 4.78 is 10.4. The largest absolute Gasteiger partial charge is 0.454 e. The molecule has 13 heavy (non-hydrogen) atoms. The van der Waals surface area contributed by atoms with Gasteiger partial charge in [-0.1, -0.05) is 6.07 Å². The number of rotatable bonds is 2. The van der Waals surface area contributed by atoms with Gasteiger partial charge in [0.1, 0.15) is 0 Å². The minimum Gasteiger partial charge on any atom is -0.454 e. The predicted octanol–water partition coefficient (Wildman–Crippen LogP) is 1.88. The number of nitrogens with zero attached hydrogens (tertiary/aromatic N) is 1. The molecule has 3 nitrogen and oxygen atoms in total. The molecule has 1 heterocycles. The Kier molecular flexibility index (Phi) is 2.05. The van der Waals surface area contributed by atoms with Crippen molar-refractivity contribution >= 4 is 0 Å². The Hall–Kier alpha value is -1.69. The number of hydrogen-bond donors (Lipinski definition) is 0. The molecule has 0 atom stereocenters. The van der Waals surface area contributed by atoms with Crippen LogP contribution in [-0.2, 0) is 6.42 Å². The van der Waals surface area contributed by atoms with Crippen LogP contribution in [0, 0.1) is 6.57 Å². The van der Waals surface area contributed by atoms with E-state index in [0.29, 0.717) is 13.3 Å². The topological polar surface area (TPSA) is 22.8 Å². The van der Waals surface area contributed by atoms with Gasteiger partial charge in [-0.15, -0.1) is 0 Å². The van der Waals surface area contributed by atoms with Crippen molar-refractivity contribution in [2.24, 2.45) is 0 Å². The third kappa shape index (κ3) is 1.57. The lowest BCUT2D eigenvalue weighted by Crippen LogP contribution is -1.93. The molecule has 0 aliphatic carbocycles. The van der Waals surface area contributed by atoms with Crippen molar-refractivity contribution in [2.45, 2.75) is 6.42 Å². The normalized spacial score (nSPS) is 12.5. The average molecular weight is 175 g/mol. The molecule has 1 aliphatic heterocycles. The van der Waals surface area contributed by atoms with Crippen molar-refractivity contribution in [1.29, 1.82) is 0 Å². The quantitative estimate of drug-likeness (QED) is 0.640. The monoisotopic (exact) mass is 175 g/mol. The summed E-state index contributed by atoms with van der Waals surface area (Å²) in [7, 11) is 0. The molecule has 0 unspecified atom stereocenters. The zero-order valence-electron chi connectivity index (χ0n) is 7.12. The Labute approximate surface area is 76.7 Å². The summed E-state index contributed by atoms with van der Waals surface area (Å²) in [5.74, 6) is 1.59. The van der Waals surface area contributed by atoms with Gasteiger partial charge >= 0.3 is 0 Å². The van der Waals surface area contributed by atoms with E-state index in [-0.39, 0.29) is 0 Å². The van der Waals surface area contributed by atoms with E-state index < -0.39 is 0 Å². The van der Waals surface area contributed by atoms with Gasteiger partial charge in [0, 0.05) is 6.42 Å². The van der Waals surface area contributed by atoms with Gasteiger partial charge in [-0.2, -0.15) is 0 Å². The first-order valence-corrected chi connectivity index (χ1v) is 4.12. The zero-order chi connectivity index (χ0) is 9.10. The standard InChI is InChI=1S/C10H9NO2/c1-11-5-4-8-2-3-9-10(6-8)13-7-12-9/h2-3,6H,4-5,7H2. The molecular formula is C10H9NO2. The van der Waals surface area contributed by atoms with Gasteiger partial charge in [-0.3, -0.25) is 0 Å². The van der Waals surface area contributed by atoms with Crippen LogP contribution < -0.4 is 9.47 Å². The van der Waals surface area contributed by atoms with Gasteiger partial charge in [-0.05, 0) is 17.7 Å². The average Bonchev–Trinajstić information content (AvgIpc) is 2.61. The van der Waals surface area contributed by atoms with Crippen molar-refractivity contribution < 1.29 is 9.47 Å². The SMILES string of the molecule is [C-]#[N+]CCc1ccc2c(c1)OCO2. The summed E-state index contributed by atoms with van der Waals surface area (Å²) in [6.45, 7) is 7.51. The zero-order valence-corrected chi connectivity index (χ0v) is 7.12. The molecular weight excluding hydrogens is 166 g/mol. The summed E-state index contributed by atoms with van der Waals surface area (Å²) in [4.78, 5) is 3.30. The second-order valence-electron chi connectivity index (χ2n) is 2.82. The highest BCUT2D eigenvalue weighted by Crippen LogP contribution is 2.32. The summed E-state index contributed by atoms with van der Waals surface area (Å²) in [5, 5.41) is 0. The highest BCUT2D eigenvalue weighted by atomic mass is 16.7. The molecule has 0 bridgehead atoms. The van der Waals surface area contributed by atoms with E-state index in [1.165, 1.54) is 0 Å². The van der Waals surface area contributed by atoms with E-state index in [2.05, 4.69) is 4.85 Å². The van der Waals surface area contributed by atoms with Crippen molar-refractivity contribution in [3.05, 3.63) is 35.2 Å². The van der Waals surface area contributed by atoms with Crippen LogP contribution >= 0.6 is 0 Å². The Bertz CT molecular complexity index is 354. The van der Waals surface area contributed by atoms with Gasteiger partial charge in [0.05, 0.1) is 0 Å². The molecule has 0 fully saturated rings. The van der Waals surface area contributed by atoms with Gasteiger partial charge in [-0.25, -0.2) is 6.57 Å². The molecule has 0 saturated heterocycles. The lowest BCUT2D eigenvalue weighted by atomic mass is 10.1. The lowest BCUT2D eigenvalue weighted by molar-refractivity contribution is 0.174. The van der Waals surface area contributed by atoms with Crippen molar-refractivity contribution in [1.82, 2.24) is 0 Å². The number of ether oxygens (including phenoxy) is 2. The molecule has 1 aliphatic rings. The van der Waals surface area contributed by atoms with Crippen molar-refractivity contribution in [3.8, 4) is 11.5 Å². The van der Waals surface area contributed by atoms with E-state index in [9.17, 15) is 0 Å². The summed E-state index contributed by atoms with van der Waals surface area (Å²) in [6, 6.07) is 5.80. The van der Waals surface area contributed by atoms with Crippen LogP contribution in [0.15, 0.2) is 18.2 Å². The van der Waals surface area contributed by atoms with Crippen molar-refractivity contribution in [3.63, 3.8) is 0 Å². The van der Waals surface area contributed by atoms with Gasteiger partial charge in [0.25, 0.3) is 0 Å². The van der Waals surface area contributed by atoms with Crippen LogP contribution in [0.5, 0.6) is 11.5 Å². The number of benzene rings is 1. The van der Waals surface area contributed by atoms with Crippen LogP contribution in [0.2, 0.25) is 0 Å². The number of hydrogen-bond acceptors (Lipinski definition) is 2. The van der Waals surface area contributed by atoms with Gasteiger partial charge in [0.15, 0.2) is 11.5 Å². The fourth-order valence-corrected chi connectivity index (χ4v) is 1.28. The second kappa shape index (κ2) is 3.36. The van der Waals surface area contributed by atoms with Crippen LogP contribution in [0.4, 0.5) is 0 Å². The molecule has 0 saturated carbocycles. The summed E-state index contributed by atoms with van der Waals surface area (Å²) in [6.07, 6.45) is 0.778. The molecule has 1 aromatic rings. The first kappa shape index (κ1) is 7.93. The third-order valence-corrected chi connectivity index (χ3v) is 1.95. The Balaban J connectivity index is 2.17. The molecule has 0 spiro atoms. The fourth-order valence-electron chi connectivity index (χ4n) is 1.28. The molecule has 0 aromatic heterocycles. The van der Waals surface area contributed by atoms with E-state index in [1.54, 1.807) is 0 Å². The second-order valence-corrected chi connectivity index (χ2v) is 2.82. The molecule has 2 rings (SSSR count). The van der Waals surface area contributed by atoms with E-state index >= 15 is 0 Å². The first-order valence-electron chi connectivity index (χ1n) is 4.12. The van der Waals surface area contributed by atoms with Crippen LogP contribution in [-0.4, -0.2) is 13.3 Å². The predicted molar refractivity (Wildman–Crippen MR) is 47.7 cm³/mol. The molecule has 66 valence electrons. The minimum absolute atomic E-state index is 0.307. The maximum absolute atomic E-state index is 6.67. The maximum atomic E-state index is 6.67. The van der Waals surface area contributed by atoms with Gasteiger partial charge < -0.3 is 14.3 Å². The highest BCUT2D eigenvalue weighted by molar-refractivity contribution is 5.44. The highest BCUT2D eigenvalue weighted by Gasteiger charge is 2.12. The Morgan fingerprint density at radius 1 is 1.31 bits per heavy atom. The van der Waals surface area contributed by atoms with Crippen LogP contribution in [0.1, 0.15) is 5.56 Å². The summed E-state index contributed by atoms with van der Waals surface area (Å²) >= 11 is 0. The van der Waals surface area contributed by atoms with Crippen LogP contribution in [0.25, 0.3) is 4.85 Å². The van der Waals surface area contributed by atoms with E-state index in [0.717, 1.165) is 23.5 Å². The first-order chi connectivity index (χ1) is 6.40. The Morgan fingerprint density at radius 2 is 2.15 bits per heavy atom. The van der Waals surface area contributed by atoms with E-state index in [4.69, 9.17) is 16.0 Å². The van der Waals surface area contributed by atoms with Crippen LogP contribution in [0.3, 0.4) is 0 Å². The van der Waals surface area contributed by atoms with Crippen molar-refractivity contribution in [2.75, 3.05) is 13.3 Å². The molecule has 0 amide bonds. The Morgan fingerprint density at radius 3 is 3.00 bits per heavy atom. The fraction of sp³-hybridized carbons (Fsp3) is 0.300. The third-order valence-electron chi connectivity index (χ3n) is 1.95. The molecule has 3 heteroatoms. The molecule has 1 aromatic carbocycles.